The van der Waals surface area contributed by atoms with Crippen molar-refractivity contribution < 1.29 is 9.59 Å². The van der Waals surface area contributed by atoms with E-state index in [-0.39, 0.29) is 18.0 Å². The van der Waals surface area contributed by atoms with Crippen LogP contribution in [0.2, 0.25) is 0 Å². The van der Waals surface area contributed by atoms with Crippen LogP contribution >= 0.6 is 0 Å². The number of carbonyl (C=O) groups excluding carboxylic acids is 2. The molecular formula is C12H22N4O2. The van der Waals surface area contributed by atoms with Gasteiger partial charge in [-0.05, 0) is 13.5 Å². The Kier molecular flexibility index (Phi) is 4.06. The van der Waals surface area contributed by atoms with Crippen LogP contribution in [0, 0.1) is 0 Å². The first-order chi connectivity index (χ1) is 8.56. The molecular weight excluding hydrogens is 232 g/mol. The van der Waals surface area contributed by atoms with Crippen LogP contribution in [-0.4, -0.2) is 79.0 Å². The van der Waals surface area contributed by atoms with Gasteiger partial charge in [-0.1, -0.05) is 0 Å². The largest absolute Gasteiger partial charge is 0.341 e. The number of nitrogens with one attached hydrogen (secondary N) is 1. The second-order valence-electron chi connectivity index (χ2n) is 5.19. The van der Waals surface area contributed by atoms with Gasteiger partial charge in [0.25, 0.3) is 0 Å². The maximum absolute atomic E-state index is 12.0. The Morgan fingerprint density at radius 2 is 1.72 bits per heavy atom. The maximum atomic E-state index is 12.0. The van der Waals surface area contributed by atoms with Gasteiger partial charge in [0.1, 0.15) is 0 Å². The lowest BCUT2D eigenvalue weighted by molar-refractivity contribution is -0.127. The van der Waals surface area contributed by atoms with Crippen molar-refractivity contribution in [3.05, 3.63) is 0 Å². The minimum Gasteiger partial charge on any atom is -0.341 e. The predicted octanol–water partition coefficient (Wildman–Crippen LogP) is -0.436. The van der Waals surface area contributed by atoms with Crippen molar-refractivity contribution in [1.29, 1.82) is 0 Å². The van der Waals surface area contributed by atoms with E-state index in [2.05, 4.69) is 17.3 Å². The Bertz CT molecular complexity index is 326. The molecule has 2 heterocycles. The third kappa shape index (κ3) is 3.13. The summed E-state index contributed by atoms with van der Waals surface area (Å²) in [5.41, 5.74) is 0. The summed E-state index contributed by atoms with van der Waals surface area (Å²) < 4.78 is 0. The first-order valence-electron chi connectivity index (χ1n) is 6.56. The van der Waals surface area contributed by atoms with E-state index in [9.17, 15) is 9.59 Å². The number of likely N-dealkylation sites (N-methyl/N-ethyl adjacent to an activating group) is 1. The van der Waals surface area contributed by atoms with Crippen LogP contribution in [0.5, 0.6) is 0 Å². The lowest BCUT2D eigenvalue weighted by Crippen LogP contribution is -2.53. The highest BCUT2D eigenvalue weighted by atomic mass is 16.2. The quantitative estimate of drug-likeness (QED) is 0.690. The van der Waals surface area contributed by atoms with Crippen LogP contribution in [-0.2, 0) is 4.79 Å². The summed E-state index contributed by atoms with van der Waals surface area (Å²) in [7, 11) is 2.07. The van der Waals surface area contributed by atoms with Crippen LogP contribution in [0.3, 0.4) is 0 Å². The summed E-state index contributed by atoms with van der Waals surface area (Å²) in [5, 5.41) is 3.02. The van der Waals surface area contributed by atoms with E-state index in [4.69, 9.17) is 0 Å². The Hall–Kier alpha value is -1.30. The van der Waals surface area contributed by atoms with Crippen LogP contribution < -0.4 is 5.32 Å². The fraction of sp³-hybridized carbons (Fsp3) is 0.833. The Balaban J connectivity index is 1.76. The smallest absolute Gasteiger partial charge is 0.317 e. The third-order valence-corrected chi connectivity index (χ3v) is 3.75. The van der Waals surface area contributed by atoms with Crippen molar-refractivity contribution in [3.63, 3.8) is 0 Å². The number of likely N-dealkylation sites (tertiary alicyclic amines) is 1. The van der Waals surface area contributed by atoms with Crippen LogP contribution in [0.25, 0.3) is 0 Å². The molecule has 1 atom stereocenters. The van der Waals surface area contributed by atoms with E-state index in [0.29, 0.717) is 6.54 Å². The number of carbonyl (C=O) groups is 2. The lowest BCUT2D eigenvalue weighted by atomic mass is 10.2. The number of nitrogens with zero attached hydrogens (tertiary/aromatic N) is 3. The average Bonchev–Trinajstić information content (AvgIpc) is 2.78. The SMILES string of the molecule is CC(=O)N1CCC(NC(=O)N2CCN(C)CC2)C1. The van der Waals surface area contributed by atoms with Gasteiger partial charge in [-0.2, -0.15) is 0 Å². The molecule has 2 saturated heterocycles. The number of piperazine rings is 1. The number of hydrogen-bond acceptors (Lipinski definition) is 3. The summed E-state index contributed by atoms with van der Waals surface area (Å²) in [6.45, 7) is 6.40. The Morgan fingerprint density at radius 3 is 2.28 bits per heavy atom. The number of amides is 3. The second-order valence-corrected chi connectivity index (χ2v) is 5.19. The number of urea groups is 1. The van der Waals surface area contributed by atoms with Crippen molar-refractivity contribution in [3.8, 4) is 0 Å². The highest BCUT2D eigenvalue weighted by Gasteiger charge is 2.27. The molecule has 0 radical (unpaired) electrons. The normalized spacial score (nSPS) is 25.3. The highest BCUT2D eigenvalue weighted by Crippen LogP contribution is 2.10. The molecule has 2 rings (SSSR count). The number of rotatable bonds is 1. The minimum absolute atomic E-state index is 0.0125. The highest BCUT2D eigenvalue weighted by molar-refractivity contribution is 5.76. The Labute approximate surface area is 108 Å². The van der Waals surface area contributed by atoms with E-state index in [1.54, 1.807) is 11.8 Å². The van der Waals surface area contributed by atoms with E-state index < -0.39 is 0 Å². The van der Waals surface area contributed by atoms with Gasteiger partial charge in [-0.3, -0.25) is 4.79 Å². The van der Waals surface area contributed by atoms with E-state index in [1.807, 2.05) is 4.90 Å². The summed E-state index contributed by atoms with van der Waals surface area (Å²) in [5.74, 6) is 0.0892. The zero-order valence-electron chi connectivity index (χ0n) is 11.2. The standard InChI is InChI=1S/C12H22N4O2/c1-10(17)16-4-3-11(9-16)13-12(18)15-7-5-14(2)6-8-15/h11H,3-9H2,1-2H3,(H,13,18). The van der Waals surface area contributed by atoms with Crippen molar-refractivity contribution in [2.24, 2.45) is 0 Å². The Morgan fingerprint density at radius 1 is 1.06 bits per heavy atom. The molecule has 2 aliphatic rings. The van der Waals surface area contributed by atoms with Gasteiger partial charge < -0.3 is 20.0 Å². The summed E-state index contributed by atoms with van der Waals surface area (Å²) in [6.07, 6.45) is 0.860. The molecule has 6 nitrogen and oxygen atoms in total. The van der Waals surface area contributed by atoms with Gasteiger partial charge in [0.2, 0.25) is 5.91 Å². The van der Waals surface area contributed by atoms with Gasteiger partial charge in [0.05, 0.1) is 0 Å². The lowest BCUT2D eigenvalue weighted by Gasteiger charge is -2.33. The second kappa shape index (κ2) is 5.56. The summed E-state index contributed by atoms with van der Waals surface area (Å²) >= 11 is 0. The number of hydrogen-bond donors (Lipinski definition) is 1. The molecule has 0 aromatic carbocycles. The molecule has 3 amide bonds. The molecule has 18 heavy (non-hydrogen) atoms. The summed E-state index contributed by atoms with van der Waals surface area (Å²) in [6, 6.07) is 0.125. The molecule has 1 unspecified atom stereocenters. The molecule has 2 aliphatic heterocycles. The maximum Gasteiger partial charge on any atom is 0.317 e. The zero-order chi connectivity index (χ0) is 13.1. The van der Waals surface area contributed by atoms with Crippen LogP contribution in [0.15, 0.2) is 0 Å². The van der Waals surface area contributed by atoms with Crippen LogP contribution in [0.4, 0.5) is 4.79 Å². The minimum atomic E-state index is 0.0125. The first-order valence-corrected chi connectivity index (χ1v) is 6.56. The molecule has 6 heteroatoms. The fourth-order valence-electron chi connectivity index (χ4n) is 2.44. The molecule has 0 saturated carbocycles. The van der Waals surface area contributed by atoms with Crippen molar-refractivity contribution in [1.82, 2.24) is 20.0 Å². The molecule has 0 aliphatic carbocycles. The average molecular weight is 254 g/mol. The van der Waals surface area contributed by atoms with E-state index in [1.165, 1.54) is 0 Å². The van der Waals surface area contributed by atoms with Gasteiger partial charge in [-0.25, -0.2) is 4.79 Å². The molecule has 0 aromatic heterocycles. The van der Waals surface area contributed by atoms with Gasteiger partial charge in [-0.15, -0.1) is 0 Å². The van der Waals surface area contributed by atoms with Gasteiger partial charge >= 0.3 is 6.03 Å². The van der Waals surface area contributed by atoms with E-state index in [0.717, 1.165) is 39.1 Å². The van der Waals surface area contributed by atoms with E-state index >= 15 is 0 Å². The molecule has 1 N–H and O–H groups in total. The molecule has 2 fully saturated rings. The van der Waals surface area contributed by atoms with Crippen molar-refractivity contribution in [2.75, 3.05) is 46.3 Å². The first kappa shape index (κ1) is 13.1. The van der Waals surface area contributed by atoms with Crippen molar-refractivity contribution in [2.45, 2.75) is 19.4 Å². The zero-order valence-corrected chi connectivity index (χ0v) is 11.2. The molecule has 0 spiro atoms. The monoisotopic (exact) mass is 254 g/mol. The third-order valence-electron chi connectivity index (χ3n) is 3.75. The molecule has 0 aromatic rings. The fourth-order valence-corrected chi connectivity index (χ4v) is 2.44. The molecule has 0 bridgehead atoms. The summed E-state index contributed by atoms with van der Waals surface area (Å²) in [4.78, 5) is 29.1. The van der Waals surface area contributed by atoms with Gasteiger partial charge in [0, 0.05) is 52.2 Å². The molecule has 102 valence electrons. The predicted molar refractivity (Wildman–Crippen MR) is 68.3 cm³/mol. The van der Waals surface area contributed by atoms with Gasteiger partial charge in [0.15, 0.2) is 0 Å². The van der Waals surface area contributed by atoms with Crippen LogP contribution in [0.1, 0.15) is 13.3 Å². The topological polar surface area (TPSA) is 55.9 Å². The van der Waals surface area contributed by atoms with Crippen molar-refractivity contribution >= 4 is 11.9 Å².